The van der Waals surface area contributed by atoms with Crippen LogP contribution in [0, 0.1) is 19.7 Å². The molecule has 0 radical (unpaired) electrons. The number of fused-ring (bicyclic) bond motifs is 3. The Kier molecular flexibility index (Phi) is 6.95. The molecule has 0 aliphatic heterocycles. The Hall–Kier alpha value is -4.88. The molecule has 0 aliphatic carbocycles. The van der Waals surface area contributed by atoms with Crippen LogP contribution in [0.5, 0.6) is 11.5 Å². The van der Waals surface area contributed by atoms with Crippen molar-refractivity contribution in [1.29, 1.82) is 0 Å². The minimum Gasteiger partial charge on any atom is -0.457 e. The highest BCUT2D eigenvalue weighted by Crippen LogP contribution is 2.36. The monoisotopic (exact) mass is 584 g/mol. The fourth-order valence-corrected chi connectivity index (χ4v) is 6.68. The quantitative estimate of drug-likeness (QED) is 0.175. The number of hydrogen-bond donors (Lipinski definition) is 0. The van der Waals surface area contributed by atoms with Gasteiger partial charge in [-0.15, -0.1) is 11.8 Å². The van der Waals surface area contributed by atoms with Crippen molar-refractivity contribution < 1.29 is 9.13 Å². The van der Waals surface area contributed by atoms with Crippen LogP contribution in [0.3, 0.4) is 0 Å². The third-order valence-corrected chi connectivity index (χ3v) is 8.45. The summed E-state index contributed by atoms with van der Waals surface area (Å²) in [5, 5.41) is 6.79. The van der Waals surface area contributed by atoms with Gasteiger partial charge in [0, 0.05) is 51.8 Å². The van der Waals surface area contributed by atoms with E-state index in [1.165, 1.54) is 39.9 Å². The first-order chi connectivity index (χ1) is 21.0. The smallest absolute Gasteiger partial charge is 0.140 e. The molecule has 4 aromatic carbocycles. The lowest BCUT2D eigenvalue weighted by atomic mass is 9.98. The van der Waals surface area contributed by atoms with Crippen LogP contribution < -0.4 is 4.74 Å². The number of benzene rings is 4. The topological polar surface area (TPSA) is 44.9 Å². The van der Waals surface area contributed by atoms with Gasteiger partial charge in [0.2, 0.25) is 0 Å². The first kappa shape index (κ1) is 27.0. The van der Waals surface area contributed by atoms with E-state index in [4.69, 9.17) is 4.74 Å². The van der Waals surface area contributed by atoms with E-state index in [0.29, 0.717) is 17.3 Å². The van der Waals surface area contributed by atoms with Crippen molar-refractivity contribution in [3.63, 3.8) is 0 Å². The molecule has 5 nitrogen and oxygen atoms in total. The van der Waals surface area contributed by atoms with Gasteiger partial charge in [0.05, 0.1) is 22.9 Å². The molecule has 0 saturated carbocycles. The minimum atomic E-state index is -0.334. The number of thioether (sulfide) groups is 1. The molecule has 0 N–H and O–H groups in total. The van der Waals surface area contributed by atoms with Gasteiger partial charge in [-0.05, 0) is 84.8 Å². The van der Waals surface area contributed by atoms with Crippen LogP contribution in [0.1, 0.15) is 18.1 Å². The third kappa shape index (κ3) is 5.06. The Morgan fingerprint density at radius 3 is 2.42 bits per heavy atom. The van der Waals surface area contributed by atoms with Gasteiger partial charge in [0.1, 0.15) is 23.1 Å². The summed E-state index contributed by atoms with van der Waals surface area (Å²) >= 11 is 1.86. The van der Waals surface area contributed by atoms with Crippen molar-refractivity contribution >= 4 is 33.6 Å². The molecule has 0 saturated heterocycles. The van der Waals surface area contributed by atoms with E-state index in [0.717, 1.165) is 38.8 Å². The summed E-state index contributed by atoms with van der Waals surface area (Å²) in [6, 6.07) is 29.2. The highest BCUT2D eigenvalue weighted by molar-refractivity contribution is 7.99. The van der Waals surface area contributed by atoms with Gasteiger partial charge < -0.3 is 4.74 Å². The van der Waals surface area contributed by atoms with Crippen LogP contribution in [-0.2, 0) is 0 Å². The largest absolute Gasteiger partial charge is 0.457 e. The van der Waals surface area contributed by atoms with E-state index in [9.17, 15) is 4.39 Å². The second-order valence-electron chi connectivity index (χ2n) is 10.5. The summed E-state index contributed by atoms with van der Waals surface area (Å²) in [5.41, 5.74) is 7.53. The summed E-state index contributed by atoms with van der Waals surface area (Å²) in [6.07, 6.45) is 5.47. The van der Waals surface area contributed by atoms with E-state index in [-0.39, 0.29) is 5.82 Å². The van der Waals surface area contributed by atoms with Crippen molar-refractivity contribution in [2.75, 3.05) is 5.75 Å². The summed E-state index contributed by atoms with van der Waals surface area (Å²) in [7, 11) is 0. The summed E-state index contributed by atoms with van der Waals surface area (Å²) in [5.74, 6) is 2.59. The predicted octanol–water partition coefficient (Wildman–Crippen LogP) is 9.69. The highest BCUT2D eigenvalue weighted by Gasteiger charge is 2.15. The van der Waals surface area contributed by atoms with Crippen molar-refractivity contribution in [2.24, 2.45) is 0 Å². The zero-order chi connectivity index (χ0) is 29.5. The molecular formula is C36H29FN4OS. The van der Waals surface area contributed by atoms with E-state index in [1.54, 1.807) is 0 Å². The number of nitrogens with zero attached hydrogens (tertiary/aromatic N) is 4. The minimum absolute atomic E-state index is 0.334. The Labute approximate surface area is 253 Å². The van der Waals surface area contributed by atoms with Crippen LogP contribution >= 0.6 is 11.8 Å². The summed E-state index contributed by atoms with van der Waals surface area (Å²) in [4.78, 5) is 5.76. The lowest BCUT2D eigenvalue weighted by molar-refractivity contribution is 0.483. The molecule has 0 aliphatic rings. The van der Waals surface area contributed by atoms with Crippen LogP contribution in [0.15, 0.2) is 114 Å². The number of ether oxygens (including phenoxy) is 1. The van der Waals surface area contributed by atoms with E-state index in [1.807, 2.05) is 87.9 Å². The Balaban J connectivity index is 1.22. The molecule has 3 aromatic heterocycles. The maximum absolute atomic E-state index is 14.2. The van der Waals surface area contributed by atoms with Crippen molar-refractivity contribution in [1.82, 2.24) is 19.3 Å². The van der Waals surface area contributed by atoms with Gasteiger partial charge in [0.25, 0.3) is 0 Å². The number of pyridine rings is 1. The third-order valence-electron chi connectivity index (χ3n) is 7.59. The number of para-hydroxylation sites is 1. The van der Waals surface area contributed by atoms with Gasteiger partial charge in [-0.1, -0.05) is 31.2 Å². The first-order valence-electron chi connectivity index (χ1n) is 14.2. The van der Waals surface area contributed by atoms with Gasteiger partial charge >= 0.3 is 0 Å². The molecule has 0 amide bonds. The number of rotatable bonds is 7. The molecular weight excluding hydrogens is 555 g/mol. The number of aromatic nitrogens is 4. The van der Waals surface area contributed by atoms with E-state index in [2.05, 4.69) is 55.2 Å². The molecule has 3 heterocycles. The SMILES string of the molecule is CCSc1cc(C)c(-c2cnn(-c3cccc(Oc4ccc5c6ccccc6n(-c6cc(F)ccn6)c5c4)c3)c2)c(C)c1. The number of halogens is 1. The van der Waals surface area contributed by atoms with Gasteiger partial charge in [-0.2, -0.15) is 5.10 Å². The predicted molar refractivity (Wildman–Crippen MR) is 173 cm³/mol. The molecule has 7 aromatic rings. The van der Waals surface area contributed by atoms with Crippen LogP contribution in [0.2, 0.25) is 0 Å². The normalized spacial score (nSPS) is 11.4. The molecule has 7 rings (SSSR count). The van der Waals surface area contributed by atoms with Crippen LogP contribution in [0.4, 0.5) is 4.39 Å². The second kappa shape index (κ2) is 11.1. The van der Waals surface area contributed by atoms with Crippen molar-refractivity contribution in [3.8, 4) is 34.1 Å². The lowest BCUT2D eigenvalue weighted by Gasteiger charge is -2.11. The molecule has 212 valence electrons. The average molecular weight is 585 g/mol. The lowest BCUT2D eigenvalue weighted by Crippen LogP contribution is -1.98. The Bertz CT molecular complexity index is 2110. The fourth-order valence-electron chi connectivity index (χ4n) is 5.82. The molecule has 0 spiro atoms. The van der Waals surface area contributed by atoms with E-state index < -0.39 is 0 Å². The van der Waals surface area contributed by atoms with Gasteiger partial charge in [-0.25, -0.2) is 14.1 Å². The fraction of sp³-hybridized carbons (Fsp3) is 0.111. The van der Waals surface area contributed by atoms with Crippen molar-refractivity contribution in [2.45, 2.75) is 25.7 Å². The molecule has 43 heavy (non-hydrogen) atoms. The van der Waals surface area contributed by atoms with Crippen molar-refractivity contribution in [3.05, 3.63) is 127 Å². The van der Waals surface area contributed by atoms with Crippen LogP contribution in [-0.4, -0.2) is 25.1 Å². The highest BCUT2D eigenvalue weighted by atomic mass is 32.2. The molecule has 0 fully saturated rings. The Morgan fingerprint density at radius 2 is 1.60 bits per heavy atom. The summed E-state index contributed by atoms with van der Waals surface area (Å²) < 4.78 is 24.4. The Morgan fingerprint density at radius 1 is 0.814 bits per heavy atom. The molecule has 7 heteroatoms. The van der Waals surface area contributed by atoms with Gasteiger partial charge in [0.15, 0.2) is 0 Å². The second-order valence-corrected chi connectivity index (χ2v) is 11.8. The maximum atomic E-state index is 14.2. The van der Waals surface area contributed by atoms with E-state index >= 15 is 0 Å². The number of aryl methyl sites for hydroxylation is 2. The first-order valence-corrected chi connectivity index (χ1v) is 15.2. The van der Waals surface area contributed by atoms with Crippen LogP contribution in [0.25, 0.3) is 44.4 Å². The van der Waals surface area contributed by atoms with Gasteiger partial charge in [-0.3, -0.25) is 4.57 Å². The standard InChI is InChI=1S/C36H29FN4OS/c1-4-43-30-16-23(2)36(24(3)17-30)25-21-39-40(22-25)27-8-7-9-28(19-27)42-29-12-13-32-31-10-5-6-11-33(31)41(34(32)20-29)35-18-26(37)14-15-38-35/h5-22H,4H2,1-3H3. The molecule has 0 bridgehead atoms. The summed E-state index contributed by atoms with van der Waals surface area (Å²) in [6.45, 7) is 6.50. The maximum Gasteiger partial charge on any atom is 0.140 e. The average Bonchev–Trinajstić information content (AvgIpc) is 3.60. The molecule has 0 unspecified atom stereocenters. The number of hydrogen-bond acceptors (Lipinski definition) is 4. The zero-order valence-electron chi connectivity index (χ0n) is 24.1. The zero-order valence-corrected chi connectivity index (χ0v) is 24.9. The molecule has 0 atom stereocenters.